The van der Waals surface area contributed by atoms with Crippen molar-refractivity contribution in [2.45, 2.75) is 6.92 Å². The van der Waals surface area contributed by atoms with Gasteiger partial charge in [-0.1, -0.05) is 30.3 Å². The molecule has 2 heterocycles. The first kappa shape index (κ1) is 12.9. The summed E-state index contributed by atoms with van der Waals surface area (Å²) in [6.07, 6.45) is 0. The van der Waals surface area contributed by atoms with E-state index in [0.717, 1.165) is 39.1 Å². The summed E-state index contributed by atoms with van der Waals surface area (Å²) >= 11 is 0. The summed E-state index contributed by atoms with van der Waals surface area (Å²) < 4.78 is 6.99. The van der Waals surface area contributed by atoms with E-state index in [1.54, 1.807) is 7.11 Å². The van der Waals surface area contributed by atoms with E-state index < -0.39 is 0 Å². The standard InChI is InChI=1S/C19H15NO2/c1-12-17-11-14-5-3-4-6-16(14)20(17)19(21)18(12)13-7-9-15(22-2)10-8-13/h3-11H,1-2H3. The maximum atomic E-state index is 12.9. The molecule has 3 nitrogen and oxygen atoms in total. The third-order valence-corrected chi connectivity index (χ3v) is 4.27. The van der Waals surface area contributed by atoms with Gasteiger partial charge in [-0.25, -0.2) is 0 Å². The number of hydrogen-bond acceptors (Lipinski definition) is 2. The Morgan fingerprint density at radius 2 is 1.73 bits per heavy atom. The van der Waals surface area contributed by atoms with Crippen LogP contribution < -0.4 is 4.74 Å². The van der Waals surface area contributed by atoms with E-state index in [2.05, 4.69) is 6.07 Å². The average molecular weight is 289 g/mol. The van der Waals surface area contributed by atoms with Crippen LogP contribution in [-0.2, 0) is 0 Å². The minimum Gasteiger partial charge on any atom is -0.497 e. The number of hydrogen-bond donors (Lipinski definition) is 0. The lowest BCUT2D eigenvalue weighted by Gasteiger charge is -2.06. The molecule has 1 aromatic heterocycles. The summed E-state index contributed by atoms with van der Waals surface area (Å²) in [4.78, 5) is 12.9. The van der Waals surface area contributed by atoms with Gasteiger partial charge in [-0.05, 0) is 42.3 Å². The monoisotopic (exact) mass is 289 g/mol. The van der Waals surface area contributed by atoms with Gasteiger partial charge in [0.05, 0.1) is 23.9 Å². The van der Waals surface area contributed by atoms with Gasteiger partial charge >= 0.3 is 0 Å². The van der Waals surface area contributed by atoms with Crippen LogP contribution in [0.3, 0.4) is 0 Å². The Bertz CT molecular complexity index is 930. The third-order valence-electron chi connectivity index (χ3n) is 4.27. The molecule has 0 atom stereocenters. The molecule has 0 saturated heterocycles. The second-order valence-corrected chi connectivity index (χ2v) is 5.46. The molecule has 0 radical (unpaired) electrons. The number of carbonyl (C=O) groups is 1. The Morgan fingerprint density at radius 3 is 2.45 bits per heavy atom. The summed E-state index contributed by atoms with van der Waals surface area (Å²) in [5.41, 5.74) is 4.66. The van der Waals surface area contributed by atoms with Crippen molar-refractivity contribution in [1.82, 2.24) is 4.57 Å². The molecule has 3 heteroatoms. The Hall–Kier alpha value is -2.81. The summed E-state index contributed by atoms with van der Waals surface area (Å²) in [7, 11) is 1.64. The predicted octanol–water partition coefficient (Wildman–Crippen LogP) is 4.23. The number of ether oxygens (including phenoxy) is 1. The largest absolute Gasteiger partial charge is 0.497 e. The van der Waals surface area contributed by atoms with Gasteiger partial charge in [0.1, 0.15) is 5.75 Å². The van der Waals surface area contributed by atoms with Crippen LogP contribution in [0.1, 0.15) is 23.0 Å². The van der Waals surface area contributed by atoms with Crippen LogP contribution in [0, 0.1) is 0 Å². The highest BCUT2D eigenvalue weighted by molar-refractivity contribution is 6.33. The molecule has 0 saturated carbocycles. The molecular formula is C19H15NO2. The van der Waals surface area contributed by atoms with Gasteiger partial charge < -0.3 is 4.74 Å². The van der Waals surface area contributed by atoms with E-state index in [-0.39, 0.29) is 5.91 Å². The minimum atomic E-state index is 0.0406. The zero-order valence-corrected chi connectivity index (χ0v) is 12.5. The van der Waals surface area contributed by atoms with Crippen LogP contribution in [0.25, 0.3) is 22.0 Å². The van der Waals surface area contributed by atoms with Crippen molar-refractivity contribution in [3.63, 3.8) is 0 Å². The molecule has 0 unspecified atom stereocenters. The van der Waals surface area contributed by atoms with Crippen molar-refractivity contribution in [2.24, 2.45) is 0 Å². The van der Waals surface area contributed by atoms with E-state index in [9.17, 15) is 4.79 Å². The first-order valence-electron chi connectivity index (χ1n) is 7.21. The lowest BCUT2D eigenvalue weighted by molar-refractivity contribution is 0.0989. The molecule has 3 aromatic rings. The van der Waals surface area contributed by atoms with Crippen molar-refractivity contribution in [1.29, 1.82) is 0 Å². The molecule has 1 aliphatic rings. The number of fused-ring (bicyclic) bond motifs is 3. The van der Waals surface area contributed by atoms with Crippen LogP contribution in [0.5, 0.6) is 5.75 Å². The maximum absolute atomic E-state index is 12.9. The lowest BCUT2D eigenvalue weighted by Crippen LogP contribution is -2.07. The van der Waals surface area contributed by atoms with Gasteiger partial charge in [0.2, 0.25) is 0 Å². The van der Waals surface area contributed by atoms with Gasteiger partial charge in [-0.15, -0.1) is 0 Å². The summed E-state index contributed by atoms with van der Waals surface area (Å²) in [6.45, 7) is 2.01. The number of allylic oxidation sites excluding steroid dienone is 2. The number of benzene rings is 2. The third kappa shape index (κ3) is 1.65. The molecule has 108 valence electrons. The van der Waals surface area contributed by atoms with Gasteiger partial charge in [0.25, 0.3) is 5.91 Å². The zero-order chi connectivity index (χ0) is 15.3. The molecule has 0 aliphatic carbocycles. The Labute approximate surface area is 128 Å². The van der Waals surface area contributed by atoms with E-state index in [1.807, 2.05) is 60.0 Å². The lowest BCUT2D eigenvalue weighted by atomic mass is 10.0. The van der Waals surface area contributed by atoms with Crippen LogP contribution in [0.15, 0.2) is 54.6 Å². The fraction of sp³-hybridized carbons (Fsp3) is 0.105. The van der Waals surface area contributed by atoms with Crippen LogP contribution >= 0.6 is 0 Å². The molecule has 0 amide bonds. The van der Waals surface area contributed by atoms with E-state index in [1.165, 1.54) is 0 Å². The fourth-order valence-electron chi connectivity index (χ4n) is 3.15. The van der Waals surface area contributed by atoms with Crippen molar-refractivity contribution in [3.05, 3.63) is 65.9 Å². The number of para-hydroxylation sites is 1. The molecule has 0 bridgehead atoms. The molecule has 0 fully saturated rings. The normalized spacial score (nSPS) is 13.8. The first-order valence-corrected chi connectivity index (χ1v) is 7.21. The molecule has 22 heavy (non-hydrogen) atoms. The summed E-state index contributed by atoms with van der Waals surface area (Å²) in [5, 5.41) is 1.10. The Kier molecular flexibility index (Phi) is 2.70. The second kappa shape index (κ2) is 4.60. The molecule has 2 aromatic carbocycles. The highest BCUT2D eigenvalue weighted by Crippen LogP contribution is 2.38. The van der Waals surface area contributed by atoms with Gasteiger partial charge in [-0.2, -0.15) is 0 Å². The predicted molar refractivity (Wildman–Crippen MR) is 88.0 cm³/mol. The smallest absolute Gasteiger partial charge is 0.263 e. The second-order valence-electron chi connectivity index (χ2n) is 5.46. The average Bonchev–Trinajstić information content (AvgIpc) is 3.05. The number of rotatable bonds is 2. The maximum Gasteiger partial charge on any atom is 0.263 e. The number of carbonyl (C=O) groups excluding carboxylic acids is 1. The highest BCUT2D eigenvalue weighted by atomic mass is 16.5. The van der Waals surface area contributed by atoms with E-state index in [0.29, 0.717) is 0 Å². The topological polar surface area (TPSA) is 31.2 Å². The molecule has 0 spiro atoms. The summed E-state index contributed by atoms with van der Waals surface area (Å²) in [5.74, 6) is 0.830. The number of aromatic nitrogens is 1. The van der Waals surface area contributed by atoms with Gasteiger partial charge in [-0.3, -0.25) is 9.36 Å². The van der Waals surface area contributed by atoms with Gasteiger partial charge in [0.15, 0.2) is 0 Å². The van der Waals surface area contributed by atoms with Crippen molar-refractivity contribution in [2.75, 3.05) is 7.11 Å². The molecule has 1 aliphatic heterocycles. The Morgan fingerprint density at radius 1 is 1.00 bits per heavy atom. The first-order chi connectivity index (χ1) is 10.7. The zero-order valence-electron chi connectivity index (χ0n) is 12.5. The van der Waals surface area contributed by atoms with Crippen LogP contribution in [0.2, 0.25) is 0 Å². The molecule has 0 N–H and O–H groups in total. The van der Waals surface area contributed by atoms with E-state index in [4.69, 9.17) is 4.74 Å². The van der Waals surface area contributed by atoms with Crippen LogP contribution in [0.4, 0.5) is 0 Å². The van der Waals surface area contributed by atoms with Crippen molar-refractivity contribution >= 4 is 28.0 Å². The number of nitrogens with zero attached hydrogens (tertiary/aromatic N) is 1. The quantitative estimate of drug-likeness (QED) is 0.706. The Balaban J connectivity index is 1.90. The van der Waals surface area contributed by atoms with Crippen molar-refractivity contribution < 1.29 is 9.53 Å². The molecular weight excluding hydrogens is 274 g/mol. The van der Waals surface area contributed by atoms with E-state index >= 15 is 0 Å². The van der Waals surface area contributed by atoms with Gasteiger partial charge in [0, 0.05) is 5.39 Å². The SMILES string of the molecule is COc1ccc(C2=C(C)c3cc4ccccc4n3C2=O)cc1. The fourth-order valence-corrected chi connectivity index (χ4v) is 3.15. The summed E-state index contributed by atoms with van der Waals surface area (Å²) in [6, 6.07) is 17.7. The van der Waals surface area contributed by atoms with Crippen LogP contribution in [-0.4, -0.2) is 17.6 Å². The minimum absolute atomic E-state index is 0.0406. The van der Waals surface area contributed by atoms with Crippen molar-refractivity contribution in [3.8, 4) is 5.75 Å². The molecule has 4 rings (SSSR count). The highest BCUT2D eigenvalue weighted by Gasteiger charge is 2.29. The number of methoxy groups -OCH3 is 1.